The number of aromatic nitrogens is 6. The van der Waals surface area contributed by atoms with Crippen LogP contribution in [0.4, 0.5) is 4.39 Å². The van der Waals surface area contributed by atoms with E-state index in [9.17, 15) is 4.39 Å². The lowest BCUT2D eigenvalue weighted by molar-refractivity contribution is 0.425. The van der Waals surface area contributed by atoms with Crippen LogP contribution in [-0.2, 0) is 18.1 Å². The first-order valence-electron chi connectivity index (χ1n) is 9.81. The Labute approximate surface area is 195 Å². The lowest BCUT2D eigenvalue weighted by Crippen LogP contribution is -2.02. The van der Waals surface area contributed by atoms with Crippen molar-refractivity contribution in [1.29, 1.82) is 0 Å². The lowest BCUT2D eigenvalue weighted by Gasteiger charge is -2.05. The molecule has 0 N–H and O–H groups in total. The van der Waals surface area contributed by atoms with Gasteiger partial charge in [0.2, 0.25) is 0 Å². The average Bonchev–Trinajstić information content (AvgIpc) is 3.54. The molecule has 5 rings (SSSR count). The van der Waals surface area contributed by atoms with E-state index in [1.165, 1.54) is 28.6 Å². The molecule has 162 valence electrons. The highest BCUT2D eigenvalue weighted by atomic mass is 32.2. The SMILES string of the molecule is CCn1c(CSc2nc3ccccc3s2)nnc1SCc1noc(-c2ccc(F)cc2)n1. The maximum atomic E-state index is 13.1. The van der Waals surface area contributed by atoms with E-state index < -0.39 is 0 Å². The van der Waals surface area contributed by atoms with Gasteiger partial charge in [0.15, 0.2) is 15.3 Å². The maximum Gasteiger partial charge on any atom is 0.257 e. The molecule has 0 fully saturated rings. The molecule has 11 heteroatoms. The van der Waals surface area contributed by atoms with Gasteiger partial charge in [-0.25, -0.2) is 9.37 Å². The summed E-state index contributed by atoms with van der Waals surface area (Å²) >= 11 is 4.86. The van der Waals surface area contributed by atoms with Gasteiger partial charge in [-0.05, 0) is 43.3 Å². The van der Waals surface area contributed by atoms with Crippen LogP contribution in [0, 0.1) is 5.82 Å². The minimum absolute atomic E-state index is 0.306. The molecular formula is C21H17FN6OS3. The van der Waals surface area contributed by atoms with Gasteiger partial charge in [-0.15, -0.1) is 21.5 Å². The number of hydrogen-bond donors (Lipinski definition) is 0. The van der Waals surface area contributed by atoms with Crippen LogP contribution in [0.2, 0.25) is 0 Å². The zero-order valence-corrected chi connectivity index (χ0v) is 19.4. The van der Waals surface area contributed by atoms with Gasteiger partial charge in [0.1, 0.15) is 11.6 Å². The van der Waals surface area contributed by atoms with E-state index in [-0.39, 0.29) is 5.82 Å². The molecule has 0 radical (unpaired) electrons. The second kappa shape index (κ2) is 9.39. The fourth-order valence-corrected chi connectivity index (χ4v) is 5.91. The van der Waals surface area contributed by atoms with Crippen molar-refractivity contribution in [3.8, 4) is 11.5 Å². The van der Waals surface area contributed by atoms with Gasteiger partial charge in [0, 0.05) is 12.1 Å². The van der Waals surface area contributed by atoms with Gasteiger partial charge in [-0.1, -0.05) is 40.8 Å². The molecule has 0 spiro atoms. The molecular weight excluding hydrogens is 467 g/mol. The first-order chi connectivity index (χ1) is 15.7. The third-order valence-corrected chi connectivity index (χ3v) is 7.74. The van der Waals surface area contributed by atoms with Gasteiger partial charge < -0.3 is 9.09 Å². The number of thiazole rings is 1. The minimum atomic E-state index is -0.306. The van der Waals surface area contributed by atoms with Crippen molar-refractivity contribution < 1.29 is 8.91 Å². The lowest BCUT2D eigenvalue weighted by atomic mass is 10.2. The van der Waals surface area contributed by atoms with Gasteiger partial charge in [0.05, 0.1) is 21.7 Å². The van der Waals surface area contributed by atoms with E-state index >= 15 is 0 Å². The van der Waals surface area contributed by atoms with Crippen molar-refractivity contribution in [1.82, 2.24) is 29.9 Å². The predicted octanol–water partition coefficient (Wildman–Crippen LogP) is 5.68. The topological polar surface area (TPSA) is 82.5 Å². The summed E-state index contributed by atoms with van der Waals surface area (Å²) in [5, 5.41) is 13.6. The van der Waals surface area contributed by atoms with Gasteiger partial charge in [-0.3, -0.25) is 0 Å². The van der Waals surface area contributed by atoms with Crippen molar-refractivity contribution in [3.63, 3.8) is 0 Å². The summed E-state index contributed by atoms with van der Waals surface area (Å²) < 4.78 is 22.7. The smallest absolute Gasteiger partial charge is 0.257 e. The van der Waals surface area contributed by atoms with E-state index in [1.807, 2.05) is 18.2 Å². The summed E-state index contributed by atoms with van der Waals surface area (Å²) in [5.41, 5.74) is 1.70. The number of fused-ring (bicyclic) bond motifs is 1. The second-order valence-electron chi connectivity index (χ2n) is 6.69. The van der Waals surface area contributed by atoms with E-state index in [4.69, 9.17) is 4.52 Å². The summed E-state index contributed by atoms with van der Waals surface area (Å²) in [6.45, 7) is 2.83. The first kappa shape index (κ1) is 21.1. The van der Waals surface area contributed by atoms with Crippen LogP contribution in [0.1, 0.15) is 18.6 Å². The van der Waals surface area contributed by atoms with E-state index in [0.717, 1.165) is 27.4 Å². The predicted molar refractivity (Wildman–Crippen MR) is 124 cm³/mol. The number of thioether (sulfide) groups is 2. The fraction of sp³-hybridized carbons (Fsp3) is 0.190. The number of benzene rings is 2. The Balaban J connectivity index is 1.23. The van der Waals surface area contributed by atoms with Crippen LogP contribution >= 0.6 is 34.9 Å². The Kier molecular flexibility index (Phi) is 6.19. The van der Waals surface area contributed by atoms with Crippen molar-refractivity contribution in [2.45, 2.75) is 34.5 Å². The summed E-state index contributed by atoms with van der Waals surface area (Å²) in [6, 6.07) is 14.1. The monoisotopic (exact) mass is 484 g/mol. The number of halogens is 1. The second-order valence-corrected chi connectivity index (χ2v) is 9.89. The fourth-order valence-electron chi connectivity index (χ4n) is 3.04. The molecule has 5 aromatic rings. The van der Waals surface area contributed by atoms with Crippen molar-refractivity contribution >= 4 is 45.1 Å². The highest BCUT2D eigenvalue weighted by molar-refractivity contribution is 8.00. The molecule has 0 atom stereocenters. The maximum absolute atomic E-state index is 13.1. The van der Waals surface area contributed by atoms with Gasteiger partial charge in [-0.2, -0.15) is 4.98 Å². The van der Waals surface area contributed by atoms with Crippen LogP contribution in [0.5, 0.6) is 0 Å². The zero-order chi connectivity index (χ0) is 21.9. The summed E-state index contributed by atoms with van der Waals surface area (Å²) in [4.78, 5) is 9.06. The third kappa shape index (κ3) is 4.54. The Morgan fingerprint density at radius 2 is 1.84 bits per heavy atom. The molecule has 0 saturated carbocycles. The molecule has 2 aromatic carbocycles. The standard InChI is InChI=1S/C21H17FN6OS3/c1-2-28-18(12-31-21-23-15-5-3-4-6-16(15)32-21)25-26-20(28)30-11-17-24-19(29-27-17)13-7-9-14(22)10-8-13/h3-10H,2,11-12H2,1H3. The highest BCUT2D eigenvalue weighted by Gasteiger charge is 2.15. The Bertz CT molecular complexity index is 1310. The average molecular weight is 485 g/mol. The van der Waals surface area contributed by atoms with Crippen molar-refractivity contribution in [2.24, 2.45) is 0 Å². The number of nitrogens with zero attached hydrogens (tertiary/aromatic N) is 6. The van der Waals surface area contributed by atoms with Crippen LogP contribution in [0.25, 0.3) is 21.7 Å². The Morgan fingerprint density at radius 1 is 1.00 bits per heavy atom. The van der Waals surface area contributed by atoms with Crippen LogP contribution in [0.3, 0.4) is 0 Å². The summed E-state index contributed by atoms with van der Waals surface area (Å²) in [6.07, 6.45) is 0. The molecule has 3 aromatic heterocycles. The van der Waals surface area contributed by atoms with E-state index in [0.29, 0.717) is 28.8 Å². The molecule has 0 aliphatic rings. The molecule has 0 aliphatic heterocycles. The Hall–Kier alpha value is -2.76. The molecule has 0 saturated heterocycles. The number of para-hydroxylation sites is 1. The van der Waals surface area contributed by atoms with Crippen molar-refractivity contribution in [3.05, 3.63) is 66.0 Å². The van der Waals surface area contributed by atoms with Gasteiger partial charge in [0.25, 0.3) is 5.89 Å². The first-order valence-corrected chi connectivity index (χ1v) is 12.6. The van der Waals surface area contributed by atoms with Crippen LogP contribution in [-0.4, -0.2) is 29.9 Å². The van der Waals surface area contributed by atoms with E-state index in [1.54, 1.807) is 35.2 Å². The quantitative estimate of drug-likeness (QED) is 0.260. The normalized spacial score (nSPS) is 11.4. The summed E-state index contributed by atoms with van der Waals surface area (Å²) in [5.74, 6) is 2.70. The highest BCUT2D eigenvalue weighted by Crippen LogP contribution is 2.32. The van der Waals surface area contributed by atoms with E-state index in [2.05, 4.69) is 42.9 Å². The largest absolute Gasteiger partial charge is 0.334 e. The molecule has 0 unspecified atom stereocenters. The molecule has 0 amide bonds. The molecule has 0 aliphatic carbocycles. The molecule has 3 heterocycles. The zero-order valence-electron chi connectivity index (χ0n) is 16.9. The molecule has 0 bridgehead atoms. The van der Waals surface area contributed by atoms with Gasteiger partial charge >= 0.3 is 0 Å². The van der Waals surface area contributed by atoms with Crippen molar-refractivity contribution in [2.75, 3.05) is 0 Å². The summed E-state index contributed by atoms with van der Waals surface area (Å²) in [7, 11) is 0. The Morgan fingerprint density at radius 3 is 2.66 bits per heavy atom. The van der Waals surface area contributed by atoms with Crippen LogP contribution < -0.4 is 0 Å². The number of hydrogen-bond acceptors (Lipinski definition) is 9. The number of rotatable bonds is 8. The molecule has 32 heavy (non-hydrogen) atoms. The third-order valence-electron chi connectivity index (χ3n) is 4.60. The van der Waals surface area contributed by atoms with Crippen LogP contribution in [0.15, 0.2) is 62.6 Å². The molecule has 7 nitrogen and oxygen atoms in total. The minimum Gasteiger partial charge on any atom is -0.334 e.